The van der Waals surface area contributed by atoms with Crippen LogP contribution in [0.4, 0.5) is 0 Å². The smallest absolute Gasteiger partial charge is 0.481 e. The highest BCUT2D eigenvalue weighted by molar-refractivity contribution is 6.62. The monoisotopic (exact) mass is 302 g/mol. The number of carbonyl (C=O) groups is 1. The van der Waals surface area contributed by atoms with Crippen LogP contribution in [0.3, 0.4) is 0 Å². The van der Waals surface area contributed by atoms with Crippen LogP contribution in [0.5, 0.6) is 0 Å². The lowest BCUT2D eigenvalue weighted by Crippen LogP contribution is -2.41. The summed E-state index contributed by atoms with van der Waals surface area (Å²) in [4.78, 5) is 11.3. The minimum atomic E-state index is -0.807. The van der Waals surface area contributed by atoms with Gasteiger partial charge in [-0.1, -0.05) is 12.1 Å². The first kappa shape index (κ1) is 15.6. The van der Waals surface area contributed by atoms with E-state index >= 15 is 0 Å². The molecule has 0 atom stereocenters. The largest absolute Gasteiger partial charge is 0.495 e. The van der Waals surface area contributed by atoms with E-state index in [9.17, 15) is 9.90 Å². The van der Waals surface area contributed by atoms with Gasteiger partial charge in [0.25, 0.3) is 0 Å². The van der Waals surface area contributed by atoms with Gasteiger partial charge in [0.2, 0.25) is 0 Å². The Bertz CT molecular complexity index is 605. The van der Waals surface area contributed by atoms with Crippen LogP contribution in [0.25, 0.3) is 0 Å². The van der Waals surface area contributed by atoms with Gasteiger partial charge in [-0.2, -0.15) is 0 Å². The average molecular weight is 302 g/mol. The Balaban J connectivity index is 2.03. The molecule has 0 unspecified atom stereocenters. The molecule has 1 aliphatic carbocycles. The Morgan fingerprint density at radius 2 is 1.82 bits per heavy atom. The predicted octanol–water partition coefficient (Wildman–Crippen LogP) is 2.10. The fourth-order valence-electron chi connectivity index (χ4n) is 3.31. The molecule has 0 saturated carbocycles. The summed E-state index contributed by atoms with van der Waals surface area (Å²) in [5.74, 6) is -0.807. The summed E-state index contributed by atoms with van der Waals surface area (Å²) in [7, 11) is -0.495. The van der Waals surface area contributed by atoms with Crippen LogP contribution < -0.4 is 5.46 Å². The van der Waals surface area contributed by atoms with Crippen molar-refractivity contribution in [2.45, 2.75) is 64.6 Å². The molecule has 2 aliphatic rings. The molecule has 0 bridgehead atoms. The van der Waals surface area contributed by atoms with Crippen LogP contribution in [0, 0.1) is 0 Å². The number of aliphatic carboxylic acids is 1. The van der Waals surface area contributed by atoms with Crippen molar-refractivity contribution in [3.63, 3.8) is 0 Å². The van der Waals surface area contributed by atoms with Gasteiger partial charge in [0.05, 0.1) is 17.6 Å². The highest BCUT2D eigenvalue weighted by atomic mass is 16.7. The normalized spacial score (nSPS) is 21.9. The second-order valence-electron chi connectivity index (χ2n) is 7.28. The number of carboxylic acids is 1. The minimum Gasteiger partial charge on any atom is -0.481 e. The summed E-state index contributed by atoms with van der Waals surface area (Å²) in [6.07, 6.45) is 3.11. The van der Waals surface area contributed by atoms with Gasteiger partial charge in [-0.25, -0.2) is 0 Å². The Morgan fingerprint density at radius 3 is 2.41 bits per heavy atom. The zero-order valence-corrected chi connectivity index (χ0v) is 13.7. The van der Waals surface area contributed by atoms with Gasteiger partial charge >= 0.3 is 13.1 Å². The Labute approximate surface area is 132 Å². The first-order chi connectivity index (χ1) is 10.2. The van der Waals surface area contributed by atoms with Gasteiger partial charge in [0.1, 0.15) is 0 Å². The number of fused-ring (bicyclic) bond motifs is 1. The predicted molar refractivity (Wildman–Crippen MR) is 85.5 cm³/mol. The van der Waals surface area contributed by atoms with Crippen molar-refractivity contribution in [3.8, 4) is 0 Å². The fraction of sp³-hybridized carbons (Fsp3) is 0.588. The number of hydrogen-bond acceptors (Lipinski definition) is 3. The lowest BCUT2D eigenvalue weighted by atomic mass is 9.73. The molecule has 0 aromatic heterocycles. The second-order valence-corrected chi connectivity index (χ2v) is 7.28. The molecule has 1 N–H and O–H groups in total. The third kappa shape index (κ3) is 2.46. The van der Waals surface area contributed by atoms with E-state index in [2.05, 4.69) is 6.07 Å². The zero-order chi connectivity index (χ0) is 16.1. The van der Waals surface area contributed by atoms with Crippen molar-refractivity contribution < 1.29 is 19.2 Å². The van der Waals surface area contributed by atoms with Crippen molar-refractivity contribution in [1.29, 1.82) is 0 Å². The Hall–Kier alpha value is -1.33. The Kier molecular flexibility index (Phi) is 3.61. The number of carboxylic acid groups (broad SMARTS) is 1. The summed E-state index contributed by atoms with van der Waals surface area (Å²) in [6.45, 7) is 8.04. The first-order valence-corrected chi connectivity index (χ1v) is 7.92. The van der Waals surface area contributed by atoms with Gasteiger partial charge in [0.15, 0.2) is 0 Å². The summed E-state index contributed by atoms with van der Waals surface area (Å²) in [5, 5.41) is 9.29. The topological polar surface area (TPSA) is 55.8 Å². The quantitative estimate of drug-likeness (QED) is 0.869. The maximum absolute atomic E-state index is 11.3. The second kappa shape index (κ2) is 5.10. The molecule has 1 aromatic rings. The van der Waals surface area contributed by atoms with Crippen molar-refractivity contribution in [2.75, 3.05) is 0 Å². The number of benzene rings is 1. The highest BCUT2D eigenvalue weighted by Crippen LogP contribution is 2.37. The van der Waals surface area contributed by atoms with E-state index in [1.165, 1.54) is 11.1 Å². The maximum Gasteiger partial charge on any atom is 0.495 e. The van der Waals surface area contributed by atoms with Gasteiger partial charge < -0.3 is 14.4 Å². The molecule has 5 heteroatoms. The summed E-state index contributed by atoms with van der Waals surface area (Å²) in [6, 6.07) is 4.10. The molecule has 1 saturated heterocycles. The lowest BCUT2D eigenvalue weighted by molar-refractivity contribution is -0.136. The molecule has 1 aromatic carbocycles. The molecule has 4 nitrogen and oxygen atoms in total. The molecule has 0 amide bonds. The SMILES string of the molecule is CC1(C)OB(c2ccc3c(c2CC(=O)O)CCC3)OC1(C)C. The van der Waals surface area contributed by atoms with Crippen LogP contribution in [0.1, 0.15) is 50.8 Å². The van der Waals surface area contributed by atoms with E-state index in [0.29, 0.717) is 0 Å². The molecule has 1 aliphatic heterocycles. The van der Waals surface area contributed by atoms with Crippen molar-refractivity contribution in [2.24, 2.45) is 0 Å². The van der Waals surface area contributed by atoms with Crippen molar-refractivity contribution >= 4 is 18.6 Å². The molecule has 0 spiro atoms. The van der Waals surface area contributed by atoms with E-state index < -0.39 is 24.3 Å². The summed E-state index contributed by atoms with van der Waals surface area (Å²) < 4.78 is 12.2. The molecule has 1 heterocycles. The maximum atomic E-state index is 11.3. The Morgan fingerprint density at radius 1 is 1.18 bits per heavy atom. The number of aryl methyl sites for hydroxylation is 1. The van der Waals surface area contributed by atoms with E-state index in [1.807, 2.05) is 33.8 Å². The molecule has 118 valence electrons. The first-order valence-electron chi connectivity index (χ1n) is 7.92. The standard InChI is InChI=1S/C17H23BO4/c1-16(2)17(3,4)22-18(21-16)14-9-8-11-6-5-7-12(11)13(14)10-15(19)20/h8-9H,5-7,10H2,1-4H3,(H,19,20). The van der Waals surface area contributed by atoms with Gasteiger partial charge in [-0.3, -0.25) is 4.79 Å². The van der Waals surface area contributed by atoms with Gasteiger partial charge in [-0.05, 0) is 69.1 Å². The molecule has 22 heavy (non-hydrogen) atoms. The molecular formula is C17H23BO4. The number of hydrogen-bond donors (Lipinski definition) is 1. The number of rotatable bonds is 3. The summed E-state index contributed by atoms with van der Waals surface area (Å²) in [5.41, 5.74) is 3.39. The fourth-order valence-corrected chi connectivity index (χ4v) is 3.31. The van der Waals surface area contributed by atoms with Crippen LogP contribution in [0.15, 0.2) is 12.1 Å². The lowest BCUT2D eigenvalue weighted by Gasteiger charge is -2.32. The highest BCUT2D eigenvalue weighted by Gasteiger charge is 2.52. The van der Waals surface area contributed by atoms with Crippen LogP contribution >= 0.6 is 0 Å². The third-order valence-electron chi connectivity index (χ3n) is 5.27. The van der Waals surface area contributed by atoms with Gasteiger partial charge in [0, 0.05) is 0 Å². The van der Waals surface area contributed by atoms with E-state index in [0.717, 1.165) is 30.3 Å². The van der Waals surface area contributed by atoms with E-state index in [-0.39, 0.29) is 6.42 Å². The van der Waals surface area contributed by atoms with Crippen LogP contribution in [-0.2, 0) is 33.4 Å². The average Bonchev–Trinajstić information content (AvgIpc) is 2.92. The van der Waals surface area contributed by atoms with Crippen molar-refractivity contribution in [3.05, 3.63) is 28.8 Å². The van der Waals surface area contributed by atoms with Crippen LogP contribution in [-0.4, -0.2) is 29.4 Å². The molecule has 3 rings (SSSR count). The summed E-state index contributed by atoms with van der Waals surface area (Å²) >= 11 is 0. The van der Waals surface area contributed by atoms with E-state index in [1.54, 1.807) is 0 Å². The molecular weight excluding hydrogens is 279 g/mol. The molecule has 0 radical (unpaired) electrons. The minimum absolute atomic E-state index is 0.0303. The van der Waals surface area contributed by atoms with Crippen LogP contribution in [0.2, 0.25) is 0 Å². The van der Waals surface area contributed by atoms with E-state index in [4.69, 9.17) is 9.31 Å². The van der Waals surface area contributed by atoms with Gasteiger partial charge in [-0.15, -0.1) is 0 Å². The van der Waals surface area contributed by atoms with Crippen molar-refractivity contribution in [1.82, 2.24) is 0 Å². The third-order valence-corrected chi connectivity index (χ3v) is 5.27. The molecule has 1 fully saturated rings. The zero-order valence-electron chi connectivity index (χ0n) is 13.7.